The lowest BCUT2D eigenvalue weighted by atomic mass is 10.3. The minimum absolute atomic E-state index is 0.0161. The molecule has 0 aliphatic rings. The standard InChI is InChI=1S/C9H11N3O3S2/c1-16-6-3-5(13)4-7(17(2)15)8(6)11-12-9(10)14/h3-4,13H,1-2H3,(H2,10,14)/t17-/m0/s1. The van der Waals surface area contributed by atoms with E-state index in [1.54, 1.807) is 6.26 Å². The lowest BCUT2D eigenvalue weighted by molar-refractivity contribution is 0.255. The molecule has 17 heavy (non-hydrogen) atoms. The number of nitrogens with zero attached hydrogens (tertiary/aromatic N) is 2. The van der Waals surface area contributed by atoms with Crippen LogP contribution in [0.25, 0.3) is 0 Å². The maximum Gasteiger partial charge on any atom is 0.356 e. The summed E-state index contributed by atoms with van der Waals surface area (Å²) in [5, 5.41) is 16.3. The number of benzene rings is 1. The molecule has 0 unspecified atom stereocenters. The van der Waals surface area contributed by atoms with Crippen LogP contribution in [-0.2, 0) is 10.8 Å². The summed E-state index contributed by atoms with van der Waals surface area (Å²) in [6, 6.07) is 1.85. The average molecular weight is 273 g/mol. The zero-order chi connectivity index (χ0) is 13.0. The van der Waals surface area contributed by atoms with E-state index >= 15 is 0 Å². The predicted molar refractivity (Wildman–Crippen MR) is 66.3 cm³/mol. The molecule has 0 spiro atoms. The number of thioether (sulfide) groups is 1. The van der Waals surface area contributed by atoms with Crippen LogP contribution in [0.5, 0.6) is 5.75 Å². The van der Waals surface area contributed by atoms with Gasteiger partial charge in [0.15, 0.2) is 0 Å². The van der Waals surface area contributed by atoms with E-state index in [9.17, 15) is 14.1 Å². The van der Waals surface area contributed by atoms with Gasteiger partial charge in [-0.2, -0.15) is 0 Å². The molecule has 3 N–H and O–H groups in total. The molecule has 1 aromatic rings. The van der Waals surface area contributed by atoms with E-state index in [1.165, 1.54) is 30.2 Å². The molecule has 1 rings (SSSR count). The Labute approximate surface area is 105 Å². The van der Waals surface area contributed by atoms with Crippen LogP contribution in [-0.4, -0.2) is 27.9 Å². The number of carbonyl (C=O) groups is 1. The number of phenolic OH excluding ortho intramolecular Hbond substituents is 1. The Morgan fingerprint density at radius 3 is 2.65 bits per heavy atom. The lowest BCUT2D eigenvalue weighted by Crippen LogP contribution is -2.02. The van der Waals surface area contributed by atoms with Gasteiger partial charge >= 0.3 is 6.03 Å². The summed E-state index contributed by atoms with van der Waals surface area (Å²) in [6.07, 6.45) is 3.21. The van der Waals surface area contributed by atoms with Gasteiger partial charge < -0.3 is 10.8 Å². The van der Waals surface area contributed by atoms with Gasteiger partial charge in [0.1, 0.15) is 11.4 Å². The van der Waals surface area contributed by atoms with E-state index in [4.69, 9.17) is 5.73 Å². The first-order valence-electron chi connectivity index (χ1n) is 4.41. The van der Waals surface area contributed by atoms with Gasteiger partial charge in [0.25, 0.3) is 0 Å². The fourth-order valence-electron chi connectivity index (χ4n) is 1.14. The van der Waals surface area contributed by atoms with Gasteiger partial charge in [-0.1, -0.05) is 5.11 Å². The van der Waals surface area contributed by atoms with Crippen molar-refractivity contribution in [2.24, 2.45) is 16.0 Å². The topological polar surface area (TPSA) is 105 Å². The van der Waals surface area contributed by atoms with E-state index in [0.29, 0.717) is 9.79 Å². The second-order valence-electron chi connectivity index (χ2n) is 2.99. The van der Waals surface area contributed by atoms with Crippen molar-refractivity contribution < 1.29 is 14.1 Å². The highest BCUT2D eigenvalue weighted by Gasteiger charge is 2.13. The quantitative estimate of drug-likeness (QED) is 0.649. The van der Waals surface area contributed by atoms with Crippen LogP contribution >= 0.6 is 11.8 Å². The molecule has 1 atom stereocenters. The summed E-state index contributed by atoms with van der Waals surface area (Å²) in [5.41, 5.74) is 5.14. The van der Waals surface area contributed by atoms with Gasteiger partial charge in [-0.05, 0) is 18.4 Å². The third-order valence-electron chi connectivity index (χ3n) is 1.80. The molecule has 2 amide bonds. The van der Waals surface area contributed by atoms with Crippen molar-refractivity contribution in [1.29, 1.82) is 0 Å². The molecule has 0 bridgehead atoms. The number of azo groups is 1. The fourth-order valence-corrected chi connectivity index (χ4v) is 2.50. The van der Waals surface area contributed by atoms with Gasteiger partial charge in [-0.3, -0.25) is 4.21 Å². The Kier molecular flexibility index (Phi) is 4.64. The summed E-state index contributed by atoms with van der Waals surface area (Å²) in [4.78, 5) is 11.4. The third kappa shape index (κ3) is 3.53. The Hall–Kier alpha value is -1.41. The van der Waals surface area contributed by atoms with Gasteiger partial charge in [-0.15, -0.1) is 16.9 Å². The molecule has 8 heteroatoms. The number of urea groups is 1. The van der Waals surface area contributed by atoms with Gasteiger partial charge in [0, 0.05) is 11.2 Å². The number of aromatic hydroxyl groups is 1. The number of hydrogen-bond acceptors (Lipinski definition) is 5. The minimum atomic E-state index is -1.36. The molecule has 0 saturated heterocycles. The SMILES string of the molecule is CSc1cc(O)cc([S@](C)=O)c1N=NC(N)=O. The van der Waals surface area contributed by atoms with Crippen LogP contribution in [0, 0.1) is 0 Å². The third-order valence-corrected chi connectivity index (χ3v) is 3.48. The monoisotopic (exact) mass is 273 g/mol. The number of nitrogens with two attached hydrogens (primary N) is 1. The van der Waals surface area contributed by atoms with Crippen molar-refractivity contribution in [3.8, 4) is 5.75 Å². The summed E-state index contributed by atoms with van der Waals surface area (Å²) in [7, 11) is -1.36. The maximum absolute atomic E-state index is 11.5. The van der Waals surface area contributed by atoms with E-state index in [0.717, 1.165) is 0 Å². The Bertz CT molecular complexity index is 503. The van der Waals surface area contributed by atoms with Gasteiger partial charge in [0.2, 0.25) is 0 Å². The highest BCUT2D eigenvalue weighted by atomic mass is 32.2. The summed E-state index contributed by atoms with van der Waals surface area (Å²) in [6.45, 7) is 0. The van der Waals surface area contributed by atoms with Gasteiger partial charge in [-0.25, -0.2) is 4.79 Å². The molecule has 1 aromatic carbocycles. The number of amides is 2. The first kappa shape index (κ1) is 13.7. The molecule has 0 heterocycles. The molecule has 0 aromatic heterocycles. The van der Waals surface area contributed by atoms with Crippen LogP contribution in [0.4, 0.5) is 10.5 Å². The number of hydrogen-bond donors (Lipinski definition) is 2. The Morgan fingerprint density at radius 1 is 1.53 bits per heavy atom. The largest absolute Gasteiger partial charge is 0.508 e. The van der Waals surface area contributed by atoms with Crippen LogP contribution < -0.4 is 5.73 Å². The number of rotatable bonds is 3. The zero-order valence-electron chi connectivity index (χ0n) is 9.21. The second kappa shape index (κ2) is 5.78. The second-order valence-corrected chi connectivity index (χ2v) is 5.18. The first-order chi connectivity index (χ1) is 7.95. The van der Waals surface area contributed by atoms with Crippen LogP contribution in [0.3, 0.4) is 0 Å². The lowest BCUT2D eigenvalue weighted by Gasteiger charge is -2.07. The predicted octanol–water partition coefficient (Wildman–Crippen LogP) is 2.01. The molecular formula is C9H11N3O3S2. The number of phenols is 1. The highest BCUT2D eigenvalue weighted by molar-refractivity contribution is 7.98. The highest BCUT2D eigenvalue weighted by Crippen LogP contribution is 2.37. The van der Waals surface area contributed by atoms with Crippen LogP contribution in [0.2, 0.25) is 0 Å². The van der Waals surface area contributed by atoms with Crippen molar-refractivity contribution in [3.05, 3.63) is 12.1 Å². The maximum atomic E-state index is 11.5. The van der Waals surface area contributed by atoms with E-state index in [1.807, 2.05) is 0 Å². The van der Waals surface area contributed by atoms with Crippen LogP contribution in [0.15, 0.2) is 32.2 Å². The van der Waals surface area contributed by atoms with E-state index in [-0.39, 0.29) is 11.4 Å². The average Bonchev–Trinajstić information content (AvgIpc) is 2.25. The molecule has 0 saturated carbocycles. The van der Waals surface area contributed by atoms with Crippen LogP contribution in [0.1, 0.15) is 0 Å². The van der Waals surface area contributed by atoms with Crippen molar-refractivity contribution >= 4 is 34.3 Å². The molecule has 6 nitrogen and oxygen atoms in total. The van der Waals surface area contributed by atoms with Gasteiger partial charge in [0.05, 0.1) is 15.7 Å². The number of carbonyl (C=O) groups excluding carboxylic acids is 1. The molecule has 0 fully saturated rings. The van der Waals surface area contributed by atoms with Crippen molar-refractivity contribution in [2.45, 2.75) is 9.79 Å². The molecule has 0 aliphatic carbocycles. The van der Waals surface area contributed by atoms with Crippen molar-refractivity contribution in [1.82, 2.24) is 0 Å². The molecule has 0 radical (unpaired) electrons. The summed E-state index contributed by atoms with van der Waals surface area (Å²) < 4.78 is 11.5. The minimum Gasteiger partial charge on any atom is -0.508 e. The Morgan fingerprint density at radius 2 is 2.18 bits per heavy atom. The molecule has 0 aliphatic heterocycles. The van der Waals surface area contributed by atoms with Crippen molar-refractivity contribution in [2.75, 3.05) is 12.5 Å². The van der Waals surface area contributed by atoms with Crippen molar-refractivity contribution in [3.63, 3.8) is 0 Å². The first-order valence-corrected chi connectivity index (χ1v) is 7.19. The van der Waals surface area contributed by atoms with E-state index in [2.05, 4.69) is 10.2 Å². The summed E-state index contributed by atoms with van der Waals surface area (Å²) in [5.74, 6) is -0.0161. The Balaban J connectivity index is 3.41. The normalized spacial score (nSPS) is 12.8. The number of primary amides is 1. The molecule has 92 valence electrons. The fraction of sp³-hybridized carbons (Fsp3) is 0.222. The smallest absolute Gasteiger partial charge is 0.356 e. The zero-order valence-corrected chi connectivity index (χ0v) is 10.8. The summed E-state index contributed by atoms with van der Waals surface area (Å²) >= 11 is 1.29. The molecular weight excluding hydrogens is 262 g/mol. The van der Waals surface area contributed by atoms with E-state index < -0.39 is 16.8 Å².